The van der Waals surface area contributed by atoms with Crippen LogP contribution in [-0.2, 0) is 0 Å². The molecule has 1 aromatic rings. The maximum absolute atomic E-state index is 2.56. The first-order valence-corrected chi connectivity index (χ1v) is 7.12. The second-order valence-corrected chi connectivity index (χ2v) is 5.48. The molecule has 2 rings (SSSR count). The van der Waals surface area contributed by atoms with E-state index in [2.05, 4.69) is 60.9 Å². The molecule has 2 nitrogen and oxygen atoms in total. The zero-order chi connectivity index (χ0) is 13.6. The van der Waals surface area contributed by atoms with Crippen molar-refractivity contribution in [3.63, 3.8) is 0 Å². The summed E-state index contributed by atoms with van der Waals surface area (Å²) in [5.74, 6) is 0. The van der Waals surface area contributed by atoms with Gasteiger partial charge in [0.1, 0.15) is 0 Å². The van der Waals surface area contributed by atoms with Crippen molar-refractivity contribution in [3.8, 4) is 0 Å². The first-order valence-electron chi connectivity index (χ1n) is 7.12. The predicted octanol–water partition coefficient (Wildman–Crippen LogP) is 3.63. The van der Waals surface area contributed by atoms with Crippen LogP contribution in [0.5, 0.6) is 0 Å². The first kappa shape index (κ1) is 15.0. The van der Waals surface area contributed by atoms with Crippen molar-refractivity contribution < 1.29 is 0 Å². The van der Waals surface area contributed by atoms with Gasteiger partial charge in [0.2, 0.25) is 0 Å². The van der Waals surface area contributed by atoms with Gasteiger partial charge in [-0.05, 0) is 32.9 Å². The highest BCUT2D eigenvalue weighted by Gasteiger charge is 2.25. The van der Waals surface area contributed by atoms with E-state index in [0.29, 0.717) is 5.54 Å². The molecule has 0 radical (unpaired) electrons. The topological polar surface area (TPSA) is 6.48 Å². The highest BCUT2D eigenvalue weighted by molar-refractivity contribution is 5.46. The van der Waals surface area contributed by atoms with Crippen molar-refractivity contribution in [3.05, 3.63) is 30.3 Å². The zero-order valence-corrected chi connectivity index (χ0v) is 12.6. The Hall–Kier alpha value is -1.02. The van der Waals surface area contributed by atoms with Gasteiger partial charge in [0.15, 0.2) is 0 Å². The van der Waals surface area contributed by atoms with Crippen LogP contribution >= 0.6 is 0 Å². The van der Waals surface area contributed by atoms with Crippen LogP contribution in [0.3, 0.4) is 0 Å². The Kier molecular flexibility index (Phi) is 5.67. The third-order valence-electron chi connectivity index (χ3n) is 3.35. The van der Waals surface area contributed by atoms with E-state index in [9.17, 15) is 0 Å². The molecule has 102 valence electrons. The molecule has 0 N–H and O–H groups in total. The maximum atomic E-state index is 2.56. The van der Waals surface area contributed by atoms with Crippen LogP contribution in [-0.4, -0.2) is 36.6 Å². The van der Waals surface area contributed by atoms with Gasteiger partial charge in [0.05, 0.1) is 0 Å². The van der Waals surface area contributed by atoms with Crippen LogP contribution in [0.15, 0.2) is 30.3 Å². The summed E-state index contributed by atoms with van der Waals surface area (Å²) in [4.78, 5) is 5.04. The average molecular weight is 248 g/mol. The quantitative estimate of drug-likeness (QED) is 0.749. The van der Waals surface area contributed by atoms with E-state index < -0.39 is 0 Å². The summed E-state index contributed by atoms with van der Waals surface area (Å²) in [6, 6.07) is 10.7. The van der Waals surface area contributed by atoms with Gasteiger partial charge >= 0.3 is 0 Å². The van der Waals surface area contributed by atoms with Crippen LogP contribution in [0.2, 0.25) is 0 Å². The fraction of sp³-hybridized carbons (Fsp3) is 0.625. The molecule has 0 amide bonds. The molecule has 1 fully saturated rings. The Morgan fingerprint density at radius 3 is 1.78 bits per heavy atom. The second kappa shape index (κ2) is 6.79. The number of benzene rings is 1. The van der Waals surface area contributed by atoms with Gasteiger partial charge in [-0.3, -0.25) is 4.90 Å². The fourth-order valence-corrected chi connectivity index (χ4v) is 2.27. The van der Waals surface area contributed by atoms with Crippen molar-refractivity contribution in [1.82, 2.24) is 4.90 Å². The van der Waals surface area contributed by atoms with Crippen molar-refractivity contribution in [2.45, 2.75) is 40.2 Å². The molecule has 1 aliphatic rings. The van der Waals surface area contributed by atoms with Crippen LogP contribution in [0.1, 0.15) is 34.6 Å². The SMILES string of the molecule is CC.CC(C)(C)N1CCN(c2ccccc2)CC1. The first-order chi connectivity index (χ1) is 8.57. The molecule has 1 saturated heterocycles. The minimum absolute atomic E-state index is 0.308. The summed E-state index contributed by atoms with van der Waals surface area (Å²) in [7, 11) is 0. The molecule has 0 saturated carbocycles. The highest BCUT2D eigenvalue weighted by Crippen LogP contribution is 2.20. The van der Waals surface area contributed by atoms with Gasteiger partial charge in [0.25, 0.3) is 0 Å². The van der Waals surface area contributed by atoms with Gasteiger partial charge in [0, 0.05) is 37.4 Å². The number of rotatable bonds is 1. The Labute approximate surface area is 113 Å². The third-order valence-corrected chi connectivity index (χ3v) is 3.35. The van der Waals surface area contributed by atoms with E-state index in [0.717, 1.165) is 13.1 Å². The van der Waals surface area contributed by atoms with E-state index in [1.807, 2.05) is 13.8 Å². The Morgan fingerprint density at radius 2 is 1.33 bits per heavy atom. The second-order valence-electron chi connectivity index (χ2n) is 5.48. The molecule has 2 heteroatoms. The molecular formula is C16H28N2. The lowest BCUT2D eigenvalue weighted by atomic mass is 10.0. The van der Waals surface area contributed by atoms with Gasteiger partial charge in [-0.25, -0.2) is 0 Å². The van der Waals surface area contributed by atoms with E-state index >= 15 is 0 Å². The van der Waals surface area contributed by atoms with Gasteiger partial charge in [-0.1, -0.05) is 32.0 Å². The Morgan fingerprint density at radius 1 is 0.833 bits per heavy atom. The Balaban J connectivity index is 0.000000771. The smallest absolute Gasteiger partial charge is 0.0367 e. The zero-order valence-electron chi connectivity index (χ0n) is 12.6. The summed E-state index contributed by atoms with van der Waals surface area (Å²) >= 11 is 0. The van der Waals surface area contributed by atoms with Crippen molar-refractivity contribution in [1.29, 1.82) is 0 Å². The highest BCUT2D eigenvalue weighted by atomic mass is 15.3. The molecule has 0 bridgehead atoms. The third kappa shape index (κ3) is 4.02. The number of hydrogen-bond donors (Lipinski definition) is 0. The Bertz CT molecular complexity index is 319. The average Bonchev–Trinajstić information content (AvgIpc) is 2.41. The molecule has 1 aliphatic heterocycles. The van der Waals surface area contributed by atoms with Crippen LogP contribution < -0.4 is 4.90 Å². The van der Waals surface area contributed by atoms with Crippen molar-refractivity contribution in [2.24, 2.45) is 0 Å². The van der Waals surface area contributed by atoms with Gasteiger partial charge in [-0.2, -0.15) is 0 Å². The molecule has 1 aromatic carbocycles. The molecule has 0 spiro atoms. The van der Waals surface area contributed by atoms with Crippen molar-refractivity contribution >= 4 is 5.69 Å². The summed E-state index contributed by atoms with van der Waals surface area (Å²) in [5.41, 5.74) is 1.67. The summed E-state index contributed by atoms with van der Waals surface area (Å²) in [6.07, 6.45) is 0. The molecule has 0 aromatic heterocycles. The number of anilines is 1. The summed E-state index contributed by atoms with van der Waals surface area (Å²) < 4.78 is 0. The molecule has 0 unspecified atom stereocenters. The number of hydrogen-bond acceptors (Lipinski definition) is 2. The van der Waals surface area contributed by atoms with E-state index in [4.69, 9.17) is 0 Å². The van der Waals surface area contributed by atoms with E-state index in [1.54, 1.807) is 0 Å². The van der Waals surface area contributed by atoms with Gasteiger partial charge < -0.3 is 4.90 Å². The largest absolute Gasteiger partial charge is 0.369 e. The lowest BCUT2D eigenvalue weighted by Crippen LogP contribution is -2.53. The van der Waals surface area contributed by atoms with Crippen LogP contribution in [0, 0.1) is 0 Å². The number of nitrogens with zero attached hydrogens (tertiary/aromatic N) is 2. The van der Waals surface area contributed by atoms with E-state index in [-0.39, 0.29) is 0 Å². The molecule has 0 atom stereocenters. The summed E-state index contributed by atoms with van der Waals surface area (Å²) in [6.45, 7) is 15.5. The lowest BCUT2D eigenvalue weighted by molar-refractivity contribution is 0.128. The molecule has 18 heavy (non-hydrogen) atoms. The van der Waals surface area contributed by atoms with Crippen molar-refractivity contribution in [2.75, 3.05) is 31.1 Å². The minimum Gasteiger partial charge on any atom is -0.369 e. The number of para-hydroxylation sites is 1. The van der Waals surface area contributed by atoms with Crippen LogP contribution in [0.4, 0.5) is 5.69 Å². The fourth-order valence-electron chi connectivity index (χ4n) is 2.27. The monoisotopic (exact) mass is 248 g/mol. The van der Waals surface area contributed by atoms with Crippen LogP contribution in [0.25, 0.3) is 0 Å². The number of piperazine rings is 1. The minimum atomic E-state index is 0.308. The molecule has 0 aliphatic carbocycles. The summed E-state index contributed by atoms with van der Waals surface area (Å²) in [5, 5.41) is 0. The molecular weight excluding hydrogens is 220 g/mol. The maximum Gasteiger partial charge on any atom is 0.0367 e. The standard InChI is InChI=1S/C14H22N2.C2H6/c1-14(2,3)16-11-9-15(10-12-16)13-7-5-4-6-8-13;1-2/h4-8H,9-12H2,1-3H3;1-2H3. The predicted molar refractivity (Wildman–Crippen MR) is 81.3 cm³/mol. The van der Waals surface area contributed by atoms with Gasteiger partial charge in [-0.15, -0.1) is 0 Å². The molecule has 1 heterocycles. The lowest BCUT2D eigenvalue weighted by Gasteiger charge is -2.43. The normalized spacial score (nSPS) is 17.1. The van der Waals surface area contributed by atoms with E-state index in [1.165, 1.54) is 18.8 Å².